The summed E-state index contributed by atoms with van der Waals surface area (Å²) in [7, 11) is 0. The maximum atomic E-state index is 12.4. The Morgan fingerprint density at radius 2 is 0.770 bits per heavy atom. The first kappa shape index (κ1) is 59.3. The molecule has 0 heterocycles. The molecular formula is C55H105NO5. The highest BCUT2D eigenvalue weighted by atomic mass is 16.5. The SMILES string of the molecule is CCCCCCCCCCCCCCCCCCCC/C=C/C(O)C(CO)NC(=O)CCCCCCC/C=C\CCCCOC(=O)CCCCCCCCCCCCCCC. The minimum atomic E-state index is -0.862. The second-order valence-electron chi connectivity index (χ2n) is 18.6. The molecule has 0 rings (SSSR count). The van der Waals surface area contributed by atoms with Gasteiger partial charge in [0.05, 0.1) is 25.4 Å². The number of esters is 1. The van der Waals surface area contributed by atoms with Crippen LogP contribution in [-0.2, 0) is 14.3 Å². The fraction of sp³-hybridized carbons (Fsp3) is 0.891. The molecule has 61 heavy (non-hydrogen) atoms. The molecule has 0 aromatic rings. The topological polar surface area (TPSA) is 95.9 Å². The monoisotopic (exact) mass is 860 g/mol. The minimum Gasteiger partial charge on any atom is -0.466 e. The van der Waals surface area contributed by atoms with E-state index in [4.69, 9.17) is 4.74 Å². The Labute approximate surface area is 380 Å². The summed E-state index contributed by atoms with van der Waals surface area (Å²) in [6, 6.07) is -0.648. The number of carbonyl (C=O) groups excluding carboxylic acids is 2. The molecule has 0 aliphatic heterocycles. The van der Waals surface area contributed by atoms with Gasteiger partial charge >= 0.3 is 5.97 Å². The van der Waals surface area contributed by atoms with E-state index in [9.17, 15) is 19.8 Å². The van der Waals surface area contributed by atoms with E-state index in [1.54, 1.807) is 6.08 Å². The molecular weight excluding hydrogens is 755 g/mol. The number of allylic oxidation sites excluding steroid dienone is 3. The zero-order valence-corrected chi connectivity index (χ0v) is 40.9. The van der Waals surface area contributed by atoms with Crippen molar-refractivity contribution in [1.29, 1.82) is 0 Å². The lowest BCUT2D eigenvalue weighted by Gasteiger charge is -2.20. The van der Waals surface area contributed by atoms with Crippen molar-refractivity contribution in [3.8, 4) is 0 Å². The number of hydrogen-bond acceptors (Lipinski definition) is 5. The third-order valence-corrected chi connectivity index (χ3v) is 12.5. The van der Waals surface area contributed by atoms with Gasteiger partial charge in [0, 0.05) is 12.8 Å². The number of aliphatic hydroxyl groups excluding tert-OH is 2. The van der Waals surface area contributed by atoms with Crippen LogP contribution in [0.4, 0.5) is 0 Å². The van der Waals surface area contributed by atoms with Gasteiger partial charge in [-0.15, -0.1) is 0 Å². The Morgan fingerprint density at radius 1 is 0.443 bits per heavy atom. The predicted molar refractivity (Wildman–Crippen MR) is 264 cm³/mol. The van der Waals surface area contributed by atoms with Crippen LogP contribution in [0.2, 0.25) is 0 Å². The Morgan fingerprint density at radius 3 is 1.16 bits per heavy atom. The maximum Gasteiger partial charge on any atom is 0.305 e. The van der Waals surface area contributed by atoms with E-state index in [1.165, 1.54) is 180 Å². The van der Waals surface area contributed by atoms with Crippen molar-refractivity contribution >= 4 is 11.9 Å². The van der Waals surface area contributed by atoms with Gasteiger partial charge in [-0.25, -0.2) is 0 Å². The van der Waals surface area contributed by atoms with Crippen molar-refractivity contribution in [1.82, 2.24) is 5.32 Å². The normalized spacial score (nSPS) is 12.8. The summed E-state index contributed by atoms with van der Waals surface area (Å²) in [5.41, 5.74) is 0. The van der Waals surface area contributed by atoms with E-state index in [-0.39, 0.29) is 18.5 Å². The number of amides is 1. The molecule has 2 atom stereocenters. The van der Waals surface area contributed by atoms with E-state index < -0.39 is 12.1 Å². The van der Waals surface area contributed by atoms with Crippen LogP contribution in [0.5, 0.6) is 0 Å². The zero-order valence-electron chi connectivity index (χ0n) is 40.9. The molecule has 0 saturated heterocycles. The summed E-state index contributed by atoms with van der Waals surface area (Å²) in [5.74, 6) is -0.126. The number of aliphatic hydroxyl groups is 2. The highest BCUT2D eigenvalue weighted by Crippen LogP contribution is 2.16. The highest BCUT2D eigenvalue weighted by molar-refractivity contribution is 5.76. The average Bonchev–Trinajstić information content (AvgIpc) is 3.26. The Hall–Kier alpha value is -1.66. The standard InChI is InChI=1S/C55H105NO5/c1-3-5-7-9-11-13-15-17-18-19-20-21-22-23-25-27-31-35-39-43-47-53(58)52(51-57)56-54(59)48-44-40-36-32-28-26-30-34-38-42-46-50-61-55(60)49-45-41-37-33-29-24-16-14-12-10-8-6-4-2/h30,34,43,47,52-53,57-58H,3-29,31-33,35-42,44-46,48-51H2,1-2H3,(H,56,59)/b34-30-,47-43+. The smallest absolute Gasteiger partial charge is 0.305 e. The van der Waals surface area contributed by atoms with E-state index in [0.717, 1.165) is 83.5 Å². The Kier molecular flexibility index (Phi) is 49.6. The average molecular weight is 860 g/mol. The lowest BCUT2D eigenvalue weighted by Crippen LogP contribution is -2.45. The largest absolute Gasteiger partial charge is 0.466 e. The maximum absolute atomic E-state index is 12.4. The van der Waals surface area contributed by atoms with Crippen molar-refractivity contribution in [2.45, 2.75) is 302 Å². The first-order chi connectivity index (χ1) is 30.0. The predicted octanol–water partition coefficient (Wildman–Crippen LogP) is 16.3. The molecule has 0 aromatic heterocycles. The van der Waals surface area contributed by atoms with Gasteiger partial charge in [0.15, 0.2) is 0 Å². The summed E-state index contributed by atoms with van der Waals surface area (Å²) in [6.07, 6.45) is 60.4. The number of rotatable bonds is 50. The van der Waals surface area contributed by atoms with Gasteiger partial charge in [-0.1, -0.05) is 244 Å². The van der Waals surface area contributed by atoms with Gasteiger partial charge < -0.3 is 20.3 Å². The fourth-order valence-electron chi connectivity index (χ4n) is 8.27. The zero-order chi connectivity index (χ0) is 44.4. The molecule has 0 radical (unpaired) electrons. The van der Waals surface area contributed by atoms with Crippen LogP contribution in [0.1, 0.15) is 290 Å². The van der Waals surface area contributed by atoms with Crippen LogP contribution in [0, 0.1) is 0 Å². The molecule has 0 fully saturated rings. The molecule has 3 N–H and O–H groups in total. The molecule has 0 spiro atoms. The lowest BCUT2D eigenvalue weighted by molar-refractivity contribution is -0.143. The van der Waals surface area contributed by atoms with E-state index in [1.807, 2.05) is 6.08 Å². The fourth-order valence-corrected chi connectivity index (χ4v) is 8.27. The molecule has 0 aliphatic carbocycles. The Balaban J connectivity index is 3.55. The molecule has 6 nitrogen and oxygen atoms in total. The first-order valence-corrected chi connectivity index (χ1v) is 27.1. The highest BCUT2D eigenvalue weighted by Gasteiger charge is 2.18. The quantitative estimate of drug-likeness (QED) is 0.0322. The van der Waals surface area contributed by atoms with Crippen LogP contribution in [-0.4, -0.2) is 47.4 Å². The van der Waals surface area contributed by atoms with Crippen LogP contribution in [0.3, 0.4) is 0 Å². The van der Waals surface area contributed by atoms with Crippen molar-refractivity contribution in [3.63, 3.8) is 0 Å². The number of ether oxygens (including phenoxy) is 1. The second kappa shape index (κ2) is 51.0. The van der Waals surface area contributed by atoms with Crippen LogP contribution < -0.4 is 5.32 Å². The first-order valence-electron chi connectivity index (χ1n) is 27.1. The van der Waals surface area contributed by atoms with E-state index in [2.05, 4.69) is 31.3 Å². The van der Waals surface area contributed by atoms with Gasteiger partial charge in [0.2, 0.25) is 5.91 Å². The van der Waals surface area contributed by atoms with Gasteiger partial charge in [0.25, 0.3) is 0 Å². The number of carbonyl (C=O) groups is 2. The van der Waals surface area contributed by atoms with E-state index in [0.29, 0.717) is 19.4 Å². The molecule has 0 bridgehead atoms. The second-order valence-corrected chi connectivity index (χ2v) is 18.6. The molecule has 0 saturated carbocycles. The molecule has 2 unspecified atom stereocenters. The van der Waals surface area contributed by atoms with E-state index >= 15 is 0 Å². The molecule has 0 aliphatic rings. The van der Waals surface area contributed by atoms with Gasteiger partial charge in [0.1, 0.15) is 0 Å². The van der Waals surface area contributed by atoms with Gasteiger partial charge in [-0.2, -0.15) is 0 Å². The molecule has 360 valence electrons. The Bertz CT molecular complexity index is 951. The third kappa shape index (κ3) is 47.7. The van der Waals surface area contributed by atoms with Crippen LogP contribution >= 0.6 is 0 Å². The third-order valence-electron chi connectivity index (χ3n) is 12.5. The molecule has 0 aromatic carbocycles. The number of hydrogen-bond donors (Lipinski definition) is 3. The van der Waals surface area contributed by atoms with Crippen molar-refractivity contribution in [2.75, 3.05) is 13.2 Å². The summed E-state index contributed by atoms with van der Waals surface area (Å²) in [6.45, 7) is 4.84. The van der Waals surface area contributed by atoms with Crippen LogP contribution in [0.25, 0.3) is 0 Å². The minimum absolute atomic E-state index is 0.0312. The van der Waals surface area contributed by atoms with Crippen molar-refractivity contribution < 1.29 is 24.5 Å². The van der Waals surface area contributed by atoms with Crippen molar-refractivity contribution in [2.24, 2.45) is 0 Å². The van der Waals surface area contributed by atoms with Crippen molar-refractivity contribution in [3.05, 3.63) is 24.3 Å². The van der Waals surface area contributed by atoms with Crippen LogP contribution in [0.15, 0.2) is 24.3 Å². The summed E-state index contributed by atoms with van der Waals surface area (Å²) < 4.78 is 5.43. The molecule has 1 amide bonds. The number of unbranched alkanes of at least 4 members (excludes halogenated alkanes) is 37. The molecule has 6 heteroatoms. The lowest BCUT2D eigenvalue weighted by atomic mass is 10.0. The number of nitrogens with one attached hydrogen (secondary N) is 1. The summed E-state index contributed by atoms with van der Waals surface area (Å²) in [5, 5.41) is 23.1. The van der Waals surface area contributed by atoms with Gasteiger partial charge in [-0.3, -0.25) is 9.59 Å². The summed E-state index contributed by atoms with van der Waals surface area (Å²) in [4.78, 5) is 24.5. The van der Waals surface area contributed by atoms with Gasteiger partial charge in [-0.05, 0) is 57.8 Å². The summed E-state index contributed by atoms with van der Waals surface area (Å²) >= 11 is 0.